The van der Waals surface area contributed by atoms with Crippen molar-refractivity contribution in [3.63, 3.8) is 0 Å². The zero-order valence-electron chi connectivity index (χ0n) is 9.00. The van der Waals surface area contributed by atoms with E-state index in [1.165, 1.54) is 20.4 Å². The van der Waals surface area contributed by atoms with Gasteiger partial charge in [0.15, 0.2) is 0 Å². The quantitative estimate of drug-likeness (QED) is 0.414. The fraction of sp³-hybridized carbons (Fsp3) is 1.00. The normalized spacial score (nSPS) is 42.0. The van der Waals surface area contributed by atoms with Crippen molar-refractivity contribution in [2.24, 2.45) is 0 Å². The molecule has 0 radical (unpaired) electrons. The first-order valence-electron chi connectivity index (χ1n) is 5.61. The van der Waals surface area contributed by atoms with Gasteiger partial charge >= 0.3 is 127 Å². The van der Waals surface area contributed by atoms with Gasteiger partial charge in [-0.05, 0) is 0 Å². The van der Waals surface area contributed by atoms with Crippen LogP contribution in [0.1, 0.15) is 0 Å². The van der Waals surface area contributed by atoms with Crippen molar-refractivity contribution in [2.45, 2.75) is 27.7 Å². The number of rotatable bonds is 6. The van der Waals surface area contributed by atoms with Crippen molar-refractivity contribution in [1.29, 1.82) is 0 Å². The van der Waals surface area contributed by atoms with Gasteiger partial charge in [0.05, 0.1) is 0 Å². The number of thioether (sulfide) groups is 2. The zero-order chi connectivity index (χ0) is 10.8. The van der Waals surface area contributed by atoms with E-state index in [1.54, 1.807) is 0 Å². The van der Waals surface area contributed by atoms with Gasteiger partial charge in [-0.25, -0.2) is 0 Å². The van der Waals surface area contributed by atoms with E-state index in [0.717, 1.165) is 23.7 Å². The van der Waals surface area contributed by atoms with E-state index < -0.39 is 0 Å². The maximum absolute atomic E-state index is 6.11. The second-order valence-electron chi connectivity index (χ2n) is 4.06. The predicted molar refractivity (Wildman–Crippen MR) is 73.1 cm³/mol. The molecule has 2 nitrogen and oxygen atoms in total. The molecule has 0 aromatic carbocycles. The summed E-state index contributed by atoms with van der Waals surface area (Å²) < 4.78 is 16.4. The summed E-state index contributed by atoms with van der Waals surface area (Å²) >= 11 is 4.25. The van der Waals surface area contributed by atoms with Crippen LogP contribution in [0, 0.1) is 0 Å². The van der Waals surface area contributed by atoms with E-state index in [-0.39, 0.29) is 41.8 Å². The van der Waals surface area contributed by atoms with Gasteiger partial charge in [0.1, 0.15) is 0 Å². The zero-order valence-corrected chi connectivity index (χ0v) is 15.3. The Morgan fingerprint density at radius 3 is 1.69 bits per heavy atom. The van der Waals surface area contributed by atoms with E-state index in [0.29, 0.717) is 8.30 Å². The van der Waals surface area contributed by atoms with Crippen LogP contribution in [0.15, 0.2) is 0 Å². The molecular weight excluding hydrogens is 471 g/mol. The molecule has 0 saturated carbocycles. The second kappa shape index (κ2) is 6.58. The van der Waals surface area contributed by atoms with Crippen LogP contribution in [0.25, 0.3) is 0 Å². The van der Waals surface area contributed by atoms with Crippen molar-refractivity contribution >= 4 is 65.4 Å². The van der Waals surface area contributed by atoms with Crippen LogP contribution in [-0.4, -0.2) is 85.4 Å². The molecule has 4 unspecified atom stereocenters. The summed E-state index contributed by atoms with van der Waals surface area (Å²) in [5.74, 6) is 2.66. The van der Waals surface area contributed by atoms with Crippen LogP contribution in [-0.2, 0) is 9.47 Å². The molecule has 3 rings (SSSR count). The molecule has 3 aliphatic rings. The molecule has 0 N–H and O–H groups in total. The van der Waals surface area contributed by atoms with Crippen LogP contribution in [0.2, 0.25) is 8.94 Å². The summed E-state index contributed by atoms with van der Waals surface area (Å²) in [6.45, 7) is 2.01. The summed E-state index contributed by atoms with van der Waals surface area (Å²) in [5.41, 5.74) is 0. The van der Waals surface area contributed by atoms with Gasteiger partial charge in [0, 0.05) is 0 Å². The van der Waals surface area contributed by atoms with E-state index in [9.17, 15) is 0 Å². The van der Waals surface area contributed by atoms with E-state index >= 15 is 0 Å². The van der Waals surface area contributed by atoms with Crippen molar-refractivity contribution in [1.82, 2.24) is 0 Å². The van der Waals surface area contributed by atoms with Crippen LogP contribution >= 0.6 is 23.5 Å². The summed E-state index contributed by atoms with van der Waals surface area (Å²) in [5, 5.41) is 1.66. The SMILES string of the molecule is C1C[Te]C(OCC2CS2)C(OCC2CS2)[Te]1. The molecule has 3 heterocycles. The van der Waals surface area contributed by atoms with Gasteiger partial charge < -0.3 is 0 Å². The molecule has 0 aromatic rings. The minimum absolute atomic E-state index is 0.0837. The third-order valence-electron chi connectivity index (χ3n) is 2.57. The average molecular weight is 488 g/mol. The Kier molecular flexibility index (Phi) is 5.42. The molecule has 4 atom stereocenters. The maximum atomic E-state index is 6.11. The topological polar surface area (TPSA) is 18.5 Å². The predicted octanol–water partition coefficient (Wildman–Crippen LogP) is 1.16. The van der Waals surface area contributed by atoms with Crippen LogP contribution in [0.4, 0.5) is 0 Å². The Hall–Kier alpha value is 2.20. The summed E-state index contributed by atoms with van der Waals surface area (Å²) in [6.07, 6.45) is 0. The molecule has 16 heavy (non-hydrogen) atoms. The third-order valence-corrected chi connectivity index (χ3v) is 15.2. The Morgan fingerprint density at radius 1 is 0.875 bits per heavy atom. The van der Waals surface area contributed by atoms with Gasteiger partial charge in [0.25, 0.3) is 0 Å². The Balaban J connectivity index is 1.42. The molecule has 3 saturated heterocycles. The summed E-state index contributed by atoms with van der Waals surface area (Å²) in [7, 11) is 0. The standard InChI is InChI=1S/C10H16O2S2Te2/c1-2-16-10(12-4-8-6-14-8)9(15-1)11-3-7-5-13-7/h7-10H,1-6H2. The Bertz CT molecular complexity index is 213. The number of hydrogen-bond donors (Lipinski definition) is 0. The van der Waals surface area contributed by atoms with Gasteiger partial charge in [-0.3, -0.25) is 0 Å². The minimum atomic E-state index is 0.0837. The molecule has 0 aliphatic carbocycles. The molecule has 0 spiro atoms. The molecule has 0 amide bonds. The summed E-state index contributed by atoms with van der Waals surface area (Å²) in [4.78, 5) is 0. The first-order chi connectivity index (χ1) is 7.92. The van der Waals surface area contributed by atoms with Gasteiger partial charge in [-0.15, -0.1) is 0 Å². The van der Waals surface area contributed by atoms with E-state index in [2.05, 4.69) is 0 Å². The number of hydrogen-bond acceptors (Lipinski definition) is 4. The van der Waals surface area contributed by atoms with Crippen molar-refractivity contribution in [2.75, 3.05) is 24.7 Å². The van der Waals surface area contributed by atoms with Gasteiger partial charge in [0.2, 0.25) is 0 Å². The third kappa shape index (κ3) is 4.39. The average Bonchev–Trinajstić information content (AvgIpc) is 3.17. The van der Waals surface area contributed by atoms with Gasteiger partial charge in [-0.2, -0.15) is 0 Å². The Morgan fingerprint density at radius 2 is 1.31 bits per heavy atom. The molecular formula is C10H16O2S2Te2. The van der Waals surface area contributed by atoms with Crippen molar-refractivity contribution in [3.05, 3.63) is 0 Å². The van der Waals surface area contributed by atoms with Crippen molar-refractivity contribution < 1.29 is 9.47 Å². The first kappa shape index (κ1) is 13.2. The molecule has 3 fully saturated rings. The van der Waals surface area contributed by atoms with Crippen LogP contribution in [0.5, 0.6) is 0 Å². The van der Waals surface area contributed by atoms with E-state index in [1.807, 2.05) is 23.5 Å². The second-order valence-corrected chi connectivity index (χ2v) is 13.6. The van der Waals surface area contributed by atoms with Crippen LogP contribution < -0.4 is 0 Å². The van der Waals surface area contributed by atoms with E-state index in [4.69, 9.17) is 9.47 Å². The van der Waals surface area contributed by atoms with Crippen LogP contribution in [0.3, 0.4) is 0 Å². The summed E-state index contributed by atoms with van der Waals surface area (Å²) in [6, 6.07) is 0. The molecule has 92 valence electrons. The van der Waals surface area contributed by atoms with Gasteiger partial charge in [-0.1, -0.05) is 0 Å². The molecule has 3 aliphatic heterocycles. The monoisotopic (exact) mass is 492 g/mol. The number of ether oxygens (including phenoxy) is 2. The van der Waals surface area contributed by atoms with Crippen molar-refractivity contribution in [3.8, 4) is 0 Å². The molecule has 0 bridgehead atoms. The first-order valence-corrected chi connectivity index (χ1v) is 13.7. The Labute approximate surface area is 126 Å². The molecule has 6 heteroatoms. The fourth-order valence-corrected chi connectivity index (χ4v) is 13.2. The fourth-order valence-electron chi connectivity index (χ4n) is 1.47. The molecule has 0 aromatic heterocycles.